The summed E-state index contributed by atoms with van der Waals surface area (Å²) in [5.74, 6) is 0.928. The molecule has 2 aromatic carbocycles. The van der Waals surface area contributed by atoms with Crippen molar-refractivity contribution < 1.29 is 4.39 Å². The smallest absolute Gasteiger partial charge is 0.148 e. The Kier molecular flexibility index (Phi) is 4.00. The molecule has 0 amide bonds. The average molecular weight is 368 g/mol. The number of hydrogen-bond acceptors (Lipinski definition) is 1. The van der Waals surface area contributed by atoms with Crippen molar-refractivity contribution in [3.63, 3.8) is 0 Å². The molecule has 0 unspecified atom stereocenters. The standard InChI is InChI=1S/C16H13BrClFN2/c1-10-3-2-4-14-16(10)20-15(7-8-18)21(14)13-6-5-11(17)9-12(13)19/h2-6,9H,7-8H2,1H3. The Bertz CT molecular complexity index is 813. The molecular formula is C16H13BrClFN2. The van der Waals surface area contributed by atoms with Gasteiger partial charge in [-0.15, -0.1) is 11.6 Å². The molecule has 0 aliphatic rings. The van der Waals surface area contributed by atoms with Crippen LogP contribution in [0.4, 0.5) is 4.39 Å². The van der Waals surface area contributed by atoms with Gasteiger partial charge < -0.3 is 0 Å². The van der Waals surface area contributed by atoms with Crippen molar-refractivity contribution in [1.82, 2.24) is 9.55 Å². The van der Waals surface area contributed by atoms with E-state index in [-0.39, 0.29) is 5.82 Å². The Hall–Kier alpha value is -1.39. The van der Waals surface area contributed by atoms with Crippen LogP contribution in [0.2, 0.25) is 0 Å². The number of hydrogen-bond donors (Lipinski definition) is 0. The number of benzene rings is 2. The molecule has 0 radical (unpaired) electrons. The van der Waals surface area contributed by atoms with Crippen LogP contribution < -0.4 is 0 Å². The van der Waals surface area contributed by atoms with E-state index in [1.54, 1.807) is 6.07 Å². The first-order valence-electron chi connectivity index (χ1n) is 6.60. The summed E-state index contributed by atoms with van der Waals surface area (Å²) in [5, 5.41) is 0. The zero-order valence-corrected chi connectivity index (χ0v) is 13.7. The second-order valence-corrected chi connectivity index (χ2v) is 6.13. The largest absolute Gasteiger partial charge is 0.293 e. The predicted molar refractivity (Wildman–Crippen MR) is 87.9 cm³/mol. The molecule has 0 saturated heterocycles. The van der Waals surface area contributed by atoms with Crippen LogP contribution in [0.1, 0.15) is 11.4 Å². The number of alkyl halides is 1. The van der Waals surface area contributed by atoms with E-state index in [4.69, 9.17) is 11.6 Å². The Morgan fingerprint density at radius 1 is 1.29 bits per heavy atom. The topological polar surface area (TPSA) is 17.8 Å². The lowest BCUT2D eigenvalue weighted by Crippen LogP contribution is -2.04. The molecule has 0 spiro atoms. The minimum atomic E-state index is -0.291. The molecule has 3 rings (SSSR count). The highest BCUT2D eigenvalue weighted by atomic mass is 79.9. The van der Waals surface area contributed by atoms with Gasteiger partial charge in [-0.05, 0) is 36.8 Å². The maximum atomic E-state index is 14.4. The highest BCUT2D eigenvalue weighted by Gasteiger charge is 2.16. The Balaban J connectivity index is 2.33. The van der Waals surface area contributed by atoms with E-state index >= 15 is 0 Å². The Labute approximate surface area is 135 Å². The molecule has 1 aromatic heterocycles. The van der Waals surface area contributed by atoms with Gasteiger partial charge in [0.15, 0.2) is 0 Å². The van der Waals surface area contributed by atoms with Crippen molar-refractivity contribution in [2.24, 2.45) is 0 Å². The van der Waals surface area contributed by atoms with Gasteiger partial charge in [-0.1, -0.05) is 28.1 Å². The van der Waals surface area contributed by atoms with Gasteiger partial charge in [-0.3, -0.25) is 4.57 Å². The summed E-state index contributed by atoms with van der Waals surface area (Å²) in [4.78, 5) is 4.64. The molecular weight excluding hydrogens is 355 g/mol. The Morgan fingerprint density at radius 3 is 2.81 bits per heavy atom. The number of rotatable bonds is 3. The molecule has 0 bridgehead atoms. The van der Waals surface area contributed by atoms with E-state index in [0.717, 1.165) is 22.4 Å². The lowest BCUT2D eigenvalue weighted by Gasteiger charge is -2.10. The van der Waals surface area contributed by atoms with Gasteiger partial charge in [0.2, 0.25) is 0 Å². The number of fused-ring (bicyclic) bond motifs is 1. The fourth-order valence-corrected chi connectivity index (χ4v) is 2.97. The van der Waals surface area contributed by atoms with Crippen molar-refractivity contribution in [3.8, 4) is 5.69 Å². The second-order valence-electron chi connectivity index (χ2n) is 4.84. The number of para-hydroxylation sites is 1. The first-order chi connectivity index (χ1) is 10.1. The van der Waals surface area contributed by atoms with Gasteiger partial charge in [0.05, 0.1) is 16.7 Å². The van der Waals surface area contributed by atoms with Crippen LogP contribution in [0.15, 0.2) is 40.9 Å². The lowest BCUT2D eigenvalue weighted by atomic mass is 10.2. The van der Waals surface area contributed by atoms with Crippen molar-refractivity contribution in [2.45, 2.75) is 13.3 Å². The fraction of sp³-hybridized carbons (Fsp3) is 0.188. The van der Waals surface area contributed by atoms with E-state index in [1.807, 2.05) is 35.8 Å². The van der Waals surface area contributed by atoms with E-state index in [2.05, 4.69) is 20.9 Å². The Morgan fingerprint density at radius 2 is 2.10 bits per heavy atom. The minimum absolute atomic E-state index is 0.291. The number of aromatic nitrogens is 2. The van der Waals surface area contributed by atoms with Crippen LogP contribution in [0.25, 0.3) is 16.7 Å². The van der Waals surface area contributed by atoms with Gasteiger partial charge in [0.1, 0.15) is 11.6 Å². The van der Waals surface area contributed by atoms with E-state index in [1.165, 1.54) is 6.07 Å². The molecule has 108 valence electrons. The molecule has 0 aliphatic heterocycles. The molecule has 0 N–H and O–H groups in total. The minimum Gasteiger partial charge on any atom is -0.293 e. The molecule has 0 aliphatic carbocycles. The van der Waals surface area contributed by atoms with E-state index in [0.29, 0.717) is 22.5 Å². The normalized spacial score (nSPS) is 11.2. The highest BCUT2D eigenvalue weighted by Crippen LogP contribution is 2.27. The third-order valence-corrected chi connectivity index (χ3v) is 4.11. The van der Waals surface area contributed by atoms with Gasteiger partial charge in [0, 0.05) is 16.8 Å². The summed E-state index contributed by atoms with van der Waals surface area (Å²) < 4.78 is 16.9. The first-order valence-corrected chi connectivity index (χ1v) is 7.93. The molecule has 0 fully saturated rings. The fourth-order valence-electron chi connectivity index (χ4n) is 2.47. The van der Waals surface area contributed by atoms with Crippen LogP contribution in [0.3, 0.4) is 0 Å². The van der Waals surface area contributed by atoms with Crippen molar-refractivity contribution in [2.75, 3.05) is 5.88 Å². The number of imidazole rings is 1. The van der Waals surface area contributed by atoms with Crippen molar-refractivity contribution in [3.05, 3.63) is 58.1 Å². The molecule has 1 heterocycles. The predicted octanol–water partition coefficient (Wildman–Crippen LogP) is 5.02. The van der Waals surface area contributed by atoms with Crippen molar-refractivity contribution in [1.29, 1.82) is 0 Å². The van der Waals surface area contributed by atoms with Crippen LogP contribution in [0, 0.1) is 12.7 Å². The summed E-state index contributed by atoms with van der Waals surface area (Å²) in [5.41, 5.74) is 3.35. The van der Waals surface area contributed by atoms with E-state index < -0.39 is 0 Å². The van der Waals surface area contributed by atoms with Gasteiger partial charge in [-0.2, -0.15) is 0 Å². The zero-order chi connectivity index (χ0) is 15.0. The van der Waals surface area contributed by atoms with Gasteiger partial charge >= 0.3 is 0 Å². The monoisotopic (exact) mass is 366 g/mol. The summed E-state index contributed by atoms with van der Waals surface area (Å²) in [6.45, 7) is 2.00. The number of halogens is 3. The third kappa shape index (κ3) is 2.58. The maximum Gasteiger partial charge on any atom is 0.148 e. The maximum absolute atomic E-state index is 14.4. The average Bonchev–Trinajstić information content (AvgIpc) is 2.79. The SMILES string of the molecule is Cc1cccc2c1nc(CCCl)n2-c1ccc(Br)cc1F. The zero-order valence-electron chi connectivity index (χ0n) is 11.4. The van der Waals surface area contributed by atoms with Crippen LogP contribution in [0.5, 0.6) is 0 Å². The molecule has 0 atom stereocenters. The third-order valence-electron chi connectivity index (χ3n) is 3.43. The second kappa shape index (κ2) is 5.78. The first kappa shape index (κ1) is 14.5. The summed E-state index contributed by atoms with van der Waals surface area (Å²) >= 11 is 9.16. The highest BCUT2D eigenvalue weighted by molar-refractivity contribution is 9.10. The molecule has 5 heteroatoms. The molecule has 0 saturated carbocycles. The van der Waals surface area contributed by atoms with Gasteiger partial charge in [0.25, 0.3) is 0 Å². The molecule has 21 heavy (non-hydrogen) atoms. The molecule has 2 nitrogen and oxygen atoms in total. The van der Waals surface area contributed by atoms with Gasteiger partial charge in [-0.25, -0.2) is 9.37 Å². The number of aryl methyl sites for hydroxylation is 2. The van der Waals surface area contributed by atoms with E-state index in [9.17, 15) is 4.39 Å². The summed E-state index contributed by atoms with van der Waals surface area (Å²) in [6.07, 6.45) is 0.588. The molecule has 3 aromatic rings. The van der Waals surface area contributed by atoms with Crippen LogP contribution in [-0.2, 0) is 6.42 Å². The van der Waals surface area contributed by atoms with Crippen molar-refractivity contribution >= 4 is 38.6 Å². The summed E-state index contributed by atoms with van der Waals surface area (Å²) in [7, 11) is 0. The quantitative estimate of drug-likeness (QED) is 0.595. The summed E-state index contributed by atoms with van der Waals surface area (Å²) in [6, 6.07) is 10.9. The van der Waals surface area contributed by atoms with Crippen LogP contribution >= 0.6 is 27.5 Å². The lowest BCUT2D eigenvalue weighted by molar-refractivity contribution is 0.616. The number of nitrogens with zero attached hydrogens (tertiary/aromatic N) is 2. The van der Waals surface area contributed by atoms with Crippen LogP contribution in [-0.4, -0.2) is 15.4 Å².